The van der Waals surface area contributed by atoms with E-state index in [0.29, 0.717) is 22.9 Å². The standard InChI is InChI=1S/C26H20BN5O2/c27-18-4-5-23-22(15-18)24(9-13-29-23)31-19-3-1-2-17(14-19)26(33)32-25-16-21(8-12-30-25)34-20-6-10-28-11-7-20/h1-16H,27H2,(H,29,31)(H,30,32,33). The van der Waals surface area contributed by atoms with Crippen LogP contribution in [0, 0.1) is 0 Å². The van der Waals surface area contributed by atoms with Crippen LogP contribution in [-0.4, -0.2) is 28.7 Å². The van der Waals surface area contributed by atoms with E-state index in [2.05, 4.69) is 31.7 Å². The van der Waals surface area contributed by atoms with Gasteiger partial charge >= 0.3 is 0 Å². The van der Waals surface area contributed by atoms with Gasteiger partial charge in [-0.1, -0.05) is 23.7 Å². The summed E-state index contributed by atoms with van der Waals surface area (Å²) in [6, 6.07) is 22.3. The molecule has 0 radical (unpaired) electrons. The van der Waals surface area contributed by atoms with Gasteiger partial charge < -0.3 is 15.4 Å². The van der Waals surface area contributed by atoms with Crippen molar-refractivity contribution in [2.45, 2.75) is 0 Å². The molecule has 8 heteroatoms. The number of hydrogen-bond acceptors (Lipinski definition) is 6. The molecule has 3 aromatic heterocycles. The van der Waals surface area contributed by atoms with Crippen LogP contribution < -0.4 is 20.8 Å². The first-order valence-corrected chi connectivity index (χ1v) is 10.7. The van der Waals surface area contributed by atoms with E-state index in [1.807, 2.05) is 38.2 Å². The number of nitrogens with zero attached hydrogens (tertiary/aromatic N) is 3. The van der Waals surface area contributed by atoms with E-state index in [1.54, 1.807) is 61.2 Å². The highest BCUT2D eigenvalue weighted by molar-refractivity contribution is 6.33. The summed E-state index contributed by atoms with van der Waals surface area (Å²) < 4.78 is 5.79. The molecule has 5 rings (SSSR count). The Bertz CT molecular complexity index is 1480. The van der Waals surface area contributed by atoms with Gasteiger partial charge in [-0.3, -0.25) is 14.8 Å². The summed E-state index contributed by atoms with van der Waals surface area (Å²) >= 11 is 0. The Morgan fingerprint density at radius 1 is 0.824 bits per heavy atom. The Labute approximate surface area is 197 Å². The maximum absolute atomic E-state index is 12.9. The van der Waals surface area contributed by atoms with Crippen molar-refractivity contribution in [2.75, 3.05) is 10.6 Å². The van der Waals surface area contributed by atoms with Gasteiger partial charge in [0.15, 0.2) is 0 Å². The van der Waals surface area contributed by atoms with Crippen LogP contribution in [0.2, 0.25) is 0 Å². The number of rotatable bonds is 6. The third-order valence-electron chi connectivity index (χ3n) is 5.16. The lowest BCUT2D eigenvalue weighted by Crippen LogP contribution is -2.13. The Hall–Kier alpha value is -4.72. The highest BCUT2D eigenvalue weighted by Crippen LogP contribution is 2.26. The summed E-state index contributed by atoms with van der Waals surface area (Å²) in [7, 11) is 2.05. The number of carbonyl (C=O) groups excluding carboxylic acids is 1. The summed E-state index contributed by atoms with van der Waals surface area (Å²) in [6.07, 6.45) is 6.65. The number of pyridine rings is 3. The maximum Gasteiger partial charge on any atom is 0.256 e. The highest BCUT2D eigenvalue weighted by atomic mass is 16.5. The van der Waals surface area contributed by atoms with Gasteiger partial charge in [0.05, 0.1) is 5.52 Å². The first-order chi connectivity index (χ1) is 16.6. The number of carbonyl (C=O) groups is 1. The van der Waals surface area contributed by atoms with E-state index in [0.717, 1.165) is 27.7 Å². The maximum atomic E-state index is 12.9. The zero-order chi connectivity index (χ0) is 23.3. The fourth-order valence-corrected chi connectivity index (χ4v) is 3.54. The molecule has 0 fully saturated rings. The number of amides is 1. The molecule has 2 aromatic carbocycles. The molecule has 0 saturated carbocycles. The molecule has 0 saturated heterocycles. The van der Waals surface area contributed by atoms with Crippen molar-refractivity contribution in [3.05, 3.63) is 103 Å². The van der Waals surface area contributed by atoms with E-state index in [-0.39, 0.29) is 5.91 Å². The lowest BCUT2D eigenvalue weighted by molar-refractivity contribution is 0.102. The van der Waals surface area contributed by atoms with Crippen LogP contribution in [0.15, 0.2) is 97.6 Å². The van der Waals surface area contributed by atoms with E-state index in [1.165, 1.54) is 0 Å². The number of aromatic nitrogens is 3. The van der Waals surface area contributed by atoms with Crippen LogP contribution in [0.4, 0.5) is 17.2 Å². The highest BCUT2D eigenvalue weighted by Gasteiger charge is 2.10. The Morgan fingerprint density at radius 3 is 2.53 bits per heavy atom. The quantitative estimate of drug-likeness (QED) is 0.383. The number of anilines is 3. The van der Waals surface area contributed by atoms with Gasteiger partial charge in [0.25, 0.3) is 5.91 Å². The van der Waals surface area contributed by atoms with Gasteiger partial charge in [-0.25, -0.2) is 4.98 Å². The first-order valence-electron chi connectivity index (χ1n) is 10.7. The molecule has 0 aliphatic rings. The van der Waals surface area contributed by atoms with Crippen molar-refractivity contribution < 1.29 is 9.53 Å². The number of ether oxygens (including phenoxy) is 1. The summed E-state index contributed by atoms with van der Waals surface area (Å²) in [6.45, 7) is 0. The summed E-state index contributed by atoms with van der Waals surface area (Å²) in [5, 5.41) is 7.26. The minimum absolute atomic E-state index is 0.271. The number of fused-ring (bicyclic) bond motifs is 1. The molecule has 7 nitrogen and oxygen atoms in total. The molecule has 0 atom stereocenters. The normalized spacial score (nSPS) is 10.6. The first kappa shape index (κ1) is 21.1. The van der Waals surface area contributed by atoms with E-state index < -0.39 is 0 Å². The van der Waals surface area contributed by atoms with Crippen molar-refractivity contribution in [2.24, 2.45) is 0 Å². The van der Waals surface area contributed by atoms with Crippen molar-refractivity contribution in [1.29, 1.82) is 0 Å². The molecule has 0 bridgehead atoms. The second kappa shape index (κ2) is 9.42. The molecular formula is C26H20BN5O2. The lowest BCUT2D eigenvalue weighted by atomic mass is 9.94. The molecule has 0 unspecified atom stereocenters. The molecule has 2 N–H and O–H groups in total. The Kier molecular flexibility index (Phi) is 5.86. The Balaban J connectivity index is 1.33. The minimum Gasteiger partial charge on any atom is -0.457 e. The molecule has 3 heterocycles. The number of hydrogen-bond donors (Lipinski definition) is 2. The van der Waals surface area contributed by atoms with Gasteiger partial charge in [-0.15, -0.1) is 0 Å². The van der Waals surface area contributed by atoms with Crippen molar-refractivity contribution in [3.63, 3.8) is 0 Å². The molecule has 0 aliphatic carbocycles. The second-order valence-electron chi connectivity index (χ2n) is 7.70. The minimum atomic E-state index is -0.271. The predicted octanol–water partition coefficient (Wildman–Crippen LogP) is 4.07. The van der Waals surface area contributed by atoms with Crippen molar-refractivity contribution in [3.8, 4) is 11.5 Å². The third-order valence-corrected chi connectivity index (χ3v) is 5.16. The van der Waals surface area contributed by atoms with E-state index in [4.69, 9.17) is 4.74 Å². The van der Waals surface area contributed by atoms with E-state index >= 15 is 0 Å². The molecule has 0 spiro atoms. The van der Waals surface area contributed by atoms with Gasteiger partial charge in [0, 0.05) is 53.2 Å². The molecule has 0 aliphatic heterocycles. The zero-order valence-corrected chi connectivity index (χ0v) is 18.4. The molecule has 1 amide bonds. The van der Waals surface area contributed by atoms with Gasteiger partial charge in [0.1, 0.15) is 25.2 Å². The second-order valence-corrected chi connectivity index (χ2v) is 7.70. The van der Waals surface area contributed by atoms with Crippen LogP contribution in [0.3, 0.4) is 0 Å². The topological polar surface area (TPSA) is 89.0 Å². The Morgan fingerprint density at radius 2 is 1.65 bits per heavy atom. The van der Waals surface area contributed by atoms with E-state index in [9.17, 15) is 4.79 Å². The summed E-state index contributed by atoms with van der Waals surface area (Å²) in [4.78, 5) is 25.5. The van der Waals surface area contributed by atoms with Crippen molar-refractivity contribution >= 4 is 47.3 Å². The van der Waals surface area contributed by atoms with Crippen LogP contribution in [-0.2, 0) is 0 Å². The zero-order valence-electron chi connectivity index (χ0n) is 18.4. The smallest absolute Gasteiger partial charge is 0.256 e. The largest absolute Gasteiger partial charge is 0.457 e. The fraction of sp³-hybridized carbons (Fsp3) is 0. The average molecular weight is 445 g/mol. The fourth-order valence-electron chi connectivity index (χ4n) is 3.54. The average Bonchev–Trinajstić information content (AvgIpc) is 2.85. The predicted molar refractivity (Wildman–Crippen MR) is 136 cm³/mol. The van der Waals surface area contributed by atoms with Gasteiger partial charge in [-0.05, 0) is 48.5 Å². The van der Waals surface area contributed by atoms with Crippen LogP contribution in [0.5, 0.6) is 11.5 Å². The van der Waals surface area contributed by atoms with Gasteiger partial charge in [-0.2, -0.15) is 0 Å². The molecule has 5 aromatic rings. The van der Waals surface area contributed by atoms with Crippen molar-refractivity contribution in [1.82, 2.24) is 15.0 Å². The molecular weight excluding hydrogens is 425 g/mol. The summed E-state index contributed by atoms with van der Waals surface area (Å²) in [5.41, 5.74) is 4.28. The van der Waals surface area contributed by atoms with Gasteiger partial charge in [0.2, 0.25) is 0 Å². The number of nitrogens with one attached hydrogen (secondary N) is 2. The number of benzene rings is 2. The third kappa shape index (κ3) is 4.86. The molecule has 34 heavy (non-hydrogen) atoms. The van der Waals surface area contributed by atoms with Crippen LogP contribution in [0.25, 0.3) is 10.9 Å². The lowest BCUT2D eigenvalue weighted by Gasteiger charge is -2.12. The monoisotopic (exact) mass is 445 g/mol. The summed E-state index contributed by atoms with van der Waals surface area (Å²) in [5.74, 6) is 1.33. The van der Waals surface area contributed by atoms with Crippen LogP contribution in [0.1, 0.15) is 10.4 Å². The molecule has 164 valence electrons. The SMILES string of the molecule is Bc1ccc2nccc(Nc3cccc(C(=O)Nc4cc(Oc5ccncc5)ccn4)c3)c2c1. The van der Waals surface area contributed by atoms with Crippen LogP contribution >= 0.6 is 0 Å².